The van der Waals surface area contributed by atoms with E-state index in [1.165, 1.54) is 6.08 Å². The van der Waals surface area contributed by atoms with Gasteiger partial charge in [-0.3, -0.25) is 4.79 Å². The van der Waals surface area contributed by atoms with Crippen molar-refractivity contribution in [2.45, 2.75) is 47.1 Å². The number of amides is 1. The van der Waals surface area contributed by atoms with Crippen LogP contribution in [-0.4, -0.2) is 34.5 Å². The molecule has 0 saturated carbocycles. The summed E-state index contributed by atoms with van der Waals surface area (Å²) < 4.78 is 16.9. The van der Waals surface area contributed by atoms with Gasteiger partial charge in [0, 0.05) is 25.9 Å². The SMILES string of the molecule is CC=CC(N)=O.CCC[Si](OCC)(OCC)OCC. The van der Waals surface area contributed by atoms with Crippen LogP contribution in [0.25, 0.3) is 0 Å². The number of hydrogen-bond acceptors (Lipinski definition) is 4. The molecule has 0 atom stereocenters. The van der Waals surface area contributed by atoms with Crippen molar-refractivity contribution < 1.29 is 18.1 Å². The summed E-state index contributed by atoms with van der Waals surface area (Å²) in [6.07, 6.45) is 3.95. The van der Waals surface area contributed by atoms with Gasteiger partial charge in [0.15, 0.2) is 0 Å². The zero-order chi connectivity index (χ0) is 15.1. The van der Waals surface area contributed by atoms with E-state index in [9.17, 15) is 4.79 Å². The highest BCUT2D eigenvalue weighted by Gasteiger charge is 2.38. The molecule has 0 aliphatic carbocycles. The maximum atomic E-state index is 9.73. The topological polar surface area (TPSA) is 70.8 Å². The second kappa shape index (κ2) is 13.7. The zero-order valence-electron chi connectivity index (χ0n) is 12.9. The van der Waals surface area contributed by atoms with Crippen LogP contribution in [0.5, 0.6) is 0 Å². The average Bonchev–Trinajstić information content (AvgIpc) is 2.31. The maximum absolute atomic E-state index is 9.73. The lowest BCUT2D eigenvalue weighted by atomic mass is 10.5. The molecule has 0 fully saturated rings. The minimum Gasteiger partial charge on any atom is -0.374 e. The summed E-state index contributed by atoms with van der Waals surface area (Å²) in [6, 6.07) is 0.919. The third kappa shape index (κ3) is 12.1. The van der Waals surface area contributed by atoms with Crippen molar-refractivity contribution in [2.75, 3.05) is 19.8 Å². The summed E-state index contributed by atoms with van der Waals surface area (Å²) in [7, 11) is -2.30. The fourth-order valence-electron chi connectivity index (χ4n) is 1.47. The third-order valence-electron chi connectivity index (χ3n) is 1.98. The molecule has 0 rings (SSSR count). The van der Waals surface area contributed by atoms with Crippen molar-refractivity contribution in [1.29, 1.82) is 0 Å². The first-order valence-electron chi connectivity index (χ1n) is 6.85. The van der Waals surface area contributed by atoms with E-state index in [-0.39, 0.29) is 0 Å². The summed E-state index contributed by atoms with van der Waals surface area (Å²) in [4.78, 5) is 9.73. The van der Waals surface area contributed by atoms with E-state index in [4.69, 9.17) is 13.3 Å². The first kappa shape index (κ1) is 20.6. The van der Waals surface area contributed by atoms with Crippen LogP contribution in [0.1, 0.15) is 41.0 Å². The molecule has 0 aromatic carbocycles. The van der Waals surface area contributed by atoms with Gasteiger partial charge in [-0.05, 0) is 33.8 Å². The number of allylic oxidation sites excluding steroid dienone is 1. The van der Waals surface area contributed by atoms with Crippen LogP contribution >= 0.6 is 0 Å². The van der Waals surface area contributed by atoms with E-state index in [0.717, 1.165) is 12.5 Å². The molecule has 0 saturated heterocycles. The van der Waals surface area contributed by atoms with Crippen molar-refractivity contribution in [1.82, 2.24) is 0 Å². The molecule has 114 valence electrons. The quantitative estimate of drug-likeness (QED) is 0.523. The Morgan fingerprint density at radius 3 is 1.63 bits per heavy atom. The summed E-state index contributed by atoms with van der Waals surface area (Å²) in [5, 5.41) is 0. The largest absolute Gasteiger partial charge is 0.500 e. The predicted molar refractivity (Wildman–Crippen MR) is 79.7 cm³/mol. The van der Waals surface area contributed by atoms with E-state index in [1.54, 1.807) is 13.0 Å². The van der Waals surface area contributed by atoms with Crippen LogP contribution in [-0.2, 0) is 18.1 Å². The number of primary amides is 1. The Labute approximate surface area is 118 Å². The van der Waals surface area contributed by atoms with Gasteiger partial charge < -0.3 is 19.0 Å². The van der Waals surface area contributed by atoms with Gasteiger partial charge >= 0.3 is 8.80 Å². The van der Waals surface area contributed by atoms with Gasteiger partial charge in [-0.2, -0.15) is 0 Å². The molecule has 0 radical (unpaired) electrons. The minimum absolute atomic E-state index is 0.391. The summed E-state index contributed by atoms with van der Waals surface area (Å²) in [5.74, 6) is -0.391. The Kier molecular flexibility index (Phi) is 14.9. The number of rotatable bonds is 9. The molecule has 1 amide bonds. The molecule has 0 aliphatic heterocycles. The number of carbonyl (C=O) groups excluding carboxylic acids is 1. The first-order valence-corrected chi connectivity index (χ1v) is 8.78. The van der Waals surface area contributed by atoms with Crippen LogP contribution in [0.3, 0.4) is 0 Å². The maximum Gasteiger partial charge on any atom is 0.500 e. The fourth-order valence-corrected chi connectivity index (χ4v) is 4.09. The Balaban J connectivity index is 0. The molecular formula is C13H29NO4Si. The first-order chi connectivity index (χ1) is 9.01. The lowest BCUT2D eigenvalue weighted by Crippen LogP contribution is -2.45. The average molecular weight is 291 g/mol. The van der Waals surface area contributed by atoms with Gasteiger partial charge in [-0.1, -0.05) is 19.4 Å². The molecule has 0 unspecified atom stereocenters. The van der Waals surface area contributed by atoms with Crippen LogP contribution in [0, 0.1) is 0 Å². The van der Waals surface area contributed by atoms with Crippen LogP contribution in [0.4, 0.5) is 0 Å². The van der Waals surface area contributed by atoms with Crippen molar-refractivity contribution in [3.8, 4) is 0 Å². The number of carbonyl (C=O) groups is 1. The van der Waals surface area contributed by atoms with Crippen LogP contribution in [0.2, 0.25) is 6.04 Å². The molecule has 0 spiro atoms. The van der Waals surface area contributed by atoms with Gasteiger partial charge in [-0.15, -0.1) is 0 Å². The van der Waals surface area contributed by atoms with Gasteiger partial charge in [0.05, 0.1) is 0 Å². The molecule has 19 heavy (non-hydrogen) atoms. The van der Waals surface area contributed by atoms with Gasteiger partial charge in [-0.25, -0.2) is 0 Å². The molecule has 0 heterocycles. The molecule has 6 heteroatoms. The van der Waals surface area contributed by atoms with E-state index >= 15 is 0 Å². The standard InChI is InChI=1S/C9H22O3Si.C4H7NO/c1-5-9-13(10-6-2,11-7-3)12-8-4;1-2-3-4(5)6/h5-9H2,1-4H3;2-3H,1H3,(H2,5,6). The Morgan fingerprint density at radius 2 is 1.47 bits per heavy atom. The molecule has 0 aromatic heterocycles. The van der Waals surface area contributed by atoms with Crippen molar-refractivity contribution in [2.24, 2.45) is 5.73 Å². The van der Waals surface area contributed by atoms with Crippen LogP contribution < -0.4 is 5.73 Å². The van der Waals surface area contributed by atoms with Crippen molar-refractivity contribution in [3.05, 3.63) is 12.2 Å². The number of hydrogen-bond donors (Lipinski definition) is 1. The highest BCUT2D eigenvalue weighted by atomic mass is 28.4. The van der Waals surface area contributed by atoms with E-state index in [1.807, 2.05) is 20.8 Å². The highest BCUT2D eigenvalue weighted by molar-refractivity contribution is 6.60. The van der Waals surface area contributed by atoms with E-state index < -0.39 is 14.7 Å². The molecule has 0 bridgehead atoms. The van der Waals surface area contributed by atoms with Crippen LogP contribution in [0.15, 0.2) is 12.2 Å². The van der Waals surface area contributed by atoms with Gasteiger partial charge in [0.25, 0.3) is 0 Å². The second-order valence-electron chi connectivity index (χ2n) is 3.63. The summed E-state index contributed by atoms with van der Waals surface area (Å²) >= 11 is 0. The molecule has 2 N–H and O–H groups in total. The summed E-state index contributed by atoms with van der Waals surface area (Å²) in [6.45, 7) is 11.8. The Morgan fingerprint density at radius 1 is 1.05 bits per heavy atom. The van der Waals surface area contributed by atoms with Crippen molar-refractivity contribution >= 4 is 14.7 Å². The highest BCUT2D eigenvalue weighted by Crippen LogP contribution is 2.17. The Hall–Kier alpha value is -0.693. The molecular weight excluding hydrogens is 262 g/mol. The third-order valence-corrected chi connectivity index (χ3v) is 5.28. The lowest BCUT2D eigenvalue weighted by molar-refractivity contribution is -0.113. The smallest absolute Gasteiger partial charge is 0.374 e. The zero-order valence-corrected chi connectivity index (χ0v) is 13.9. The van der Waals surface area contributed by atoms with E-state index in [2.05, 4.69) is 12.7 Å². The van der Waals surface area contributed by atoms with Gasteiger partial charge in [0.1, 0.15) is 0 Å². The fraction of sp³-hybridized carbons (Fsp3) is 0.769. The molecule has 0 aliphatic rings. The minimum atomic E-state index is -2.30. The summed E-state index contributed by atoms with van der Waals surface area (Å²) in [5.41, 5.74) is 4.68. The normalized spacial score (nSPS) is 11.2. The molecule has 0 aromatic rings. The Bertz CT molecular complexity index is 217. The lowest BCUT2D eigenvalue weighted by Gasteiger charge is -2.27. The number of nitrogens with two attached hydrogens (primary N) is 1. The monoisotopic (exact) mass is 291 g/mol. The van der Waals surface area contributed by atoms with Gasteiger partial charge in [0.2, 0.25) is 5.91 Å². The van der Waals surface area contributed by atoms with E-state index in [0.29, 0.717) is 19.8 Å². The predicted octanol–water partition coefficient (Wildman–Crippen LogP) is 2.49. The molecule has 5 nitrogen and oxygen atoms in total. The van der Waals surface area contributed by atoms with Crippen molar-refractivity contribution in [3.63, 3.8) is 0 Å². The second-order valence-corrected chi connectivity index (χ2v) is 6.37.